The third-order valence-electron chi connectivity index (χ3n) is 3.40. The van der Waals surface area contributed by atoms with E-state index >= 15 is 0 Å². The van der Waals surface area contributed by atoms with Crippen LogP contribution in [0.2, 0.25) is 0 Å². The fourth-order valence-corrected chi connectivity index (χ4v) is 3.03. The molecule has 7 heteroatoms. The molecule has 0 saturated carbocycles. The number of nitrogens with zero attached hydrogens (tertiary/aromatic N) is 2. The highest BCUT2D eigenvalue weighted by atomic mass is 32.2. The molecule has 0 heterocycles. The fraction of sp³-hybridized carbons (Fsp3) is 0.235. The fourth-order valence-electron chi connectivity index (χ4n) is 2.17. The average molecular weight is 347 g/mol. The van der Waals surface area contributed by atoms with Gasteiger partial charge in [0.25, 0.3) is 0 Å². The molecule has 0 aromatic heterocycles. The summed E-state index contributed by atoms with van der Waals surface area (Å²) >= 11 is 0. The lowest BCUT2D eigenvalue weighted by atomic mass is 10.2. The van der Waals surface area contributed by atoms with E-state index in [-0.39, 0.29) is 6.54 Å². The van der Waals surface area contributed by atoms with Crippen molar-refractivity contribution in [1.82, 2.24) is 0 Å². The van der Waals surface area contributed by atoms with E-state index < -0.39 is 15.9 Å². The van der Waals surface area contributed by atoms with Gasteiger partial charge in [-0.2, -0.15) is 0 Å². The molecule has 0 atom stereocenters. The topological polar surface area (TPSA) is 69.7 Å². The van der Waals surface area contributed by atoms with Gasteiger partial charge in [0.2, 0.25) is 15.9 Å². The molecular formula is C17H21N3O3S. The van der Waals surface area contributed by atoms with Gasteiger partial charge in [0.05, 0.1) is 11.9 Å². The van der Waals surface area contributed by atoms with Crippen LogP contribution in [0.3, 0.4) is 0 Å². The van der Waals surface area contributed by atoms with Crippen molar-refractivity contribution in [2.24, 2.45) is 0 Å². The normalized spacial score (nSPS) is 11.0. The molecule has 0 fully saturated rings. The van der Waals surface area contributed by atoms with E-state index in [4.69, 9.17) is 0 Å². The molecular weight excluding hydrogens is 326 g/mol. The first-order valence-electron chi connectivity index (χ1n) is 7.37. The van der Waals surface area contributed by atoms with Gasteiger partial charge < -0.3 is 10.2 Å². The summed E-state index contributed by atoms with van der Waals surface area (Å²) < 4.78 is 25.2. The van der Waals surface area contributed by atoms with Crippen molar-refractivity contribution < 1.29 is 13.2 Å². The van der Waals surface area contributed by atoms with Crippen molar-refractivity contribution in [3.05, 3.63) is 54.6 Å². The smallest absolute Gasteiger partial charge is 0.245 e. The van der Waals surface area contributed by atoms with E-state index in [1.807, 2.05) is 37.2 Å². The van der Waals surface area contributed by atoms with Crippen molar-refractivity contribution in [2.75, 3.05) is 41.4 Å². The third kappa shape index (κ3) is 4.73. The number of hydrogen-bond donors (Lipinski definition) is 1. The number of carbonyl (C=O) groups excluding carboxylic acids is 1. The van der Waals surface area contributed by atoms with Gasteiger partial charge in [0, 0.05) is 25.5 Å². The maximum Gasteiger partial charge on any atom is 0.245 e. The maximum absolute atomic E-state index is 12.2. The largest absolute Gasteiger partial charge is 0.378 e. The Bertz CT molecular complexity index is 788. The molecule has 128 valence electrons. The van der Waals surface area contributed by atoms with Gasteiger partial charge in [-0.1, -0.05) is 18.2 Å². The molecule has 0 aliphatic rings. The molecule has 0 aliphatic heterocycles. The zero-order valence-electron chi connectivity index (χ0n) is 13.9. The highest BCUT2D eigenvalue weighted by Crippen LogP contribution is 2.21. The molecule has 24 heavy (non-hydrogen) atoms. The van der Waals surface area contributed by atoms with Crippen LogP contribution in [0.4, 0.5) is 17.1 Å². The second-order valence-corrected chi connectivity index (χ2v) is 7.50. The molecule has 1 amide bonds. The highest BCUT2D eigenvalue weighted by Gasteiger charge is 2.21. The number of nitrogens with one attached hydrogen (secondary N) is 1. The summed E-state index contributed by atoms with van der Waals surface area (Å²) in [4.78, 5) is 14.1. The molecule has 0 spiro atoms. The number of anilines is 3. The lowest BCUT2D eigenvalue weighted by Gasteiger charge is -2.23. The summed E-state index contributed by atoms with van der Waals surface area (Å²) in [5, 5.41) is 2.69. The number of rotatable bonds is 6. The zero-order valence-corrected chi connectivity index (χ0v) is 14.7. The van der Waals surface area contributed by atoms with E-state index in [1.165, 1.54) is 0 Å². The van der Waals surface area contributed by atoms with Crippen LogP contribution in [0.5, 0.6) is 0 Å². The molecule has 2 aromatic carbocycles. The van der Waals surface area contributed by atoms with Crippen LogP contribution < -0.4 is 14.5 Å². The lowest BCUT2D eigenvalue weighted by Crippen LogP contribution is -2.37. The minimum atomic E-state index is -3.58. The van der Waals surface area contributed by atoms with Crippen LogP contribution in [-0.4, -0.2) is 41.2 Å². The van der Waals surface area contributed by atoms with Gasteiger partial charge in [-0.25, -0.2) is 8.42 Å². The Labute approximate surface area is 142 Å². The number of carbonyl (C=O) groups is 1. The molecule has 0 radical (unpaired) electrons. The van der Waals surface area contributed by atoms with E-state index in [0.29, 0.717) is 11.4 Å². The Kier molecular flexibility index (Phi) is 5.46. The maximum atomic E-state index is 12.2. The summed E-state index contributed by atoms with van der Waals surface area (Å²) in [7, 11) is 0.219. The molecule has 2 rings (SSSR count). The summed E-state index contributed by atoms with van der Waals surface area (Å²) in [5.41, 5.74) is 2.02. The van der Waals surface area contributed by atoms with Crippen LogP contribution >= 0.6 is 0 Å². The molecule has 0 saturated heterocycles. The second-order valence-electron chi connectivity index (χ2n) is 5.59. The van der Waals surface area contributed by atoms with Crippen molar-refractivity contribution in [3.8, 4) is 0 Å². The minimum Gasteiger partial charge on any atom is -0.378 e. The number of sulfonamides is 1. The number of benzene rings is 2. The molecule has 0 bridgehead atoms. The van der Waals surface area contributed by atoms with E-state index in [9.17, 15) is 13.2 Å². The molecule has 2 aromatic rings. The lowest BCUT2D eigenvalue weighted by molar-refractivity contribution is -0.114. The van der Waals surface area contributed by atoms with Crippen LogP contribution in [0.1, 0.15) is 0 Å². The summed E-state index contributed by atoms with van der Waals surface area (Å²) in [5.74, 6) is -0.400. The van der Waals surface area contributed by atoms with Crippen LogP contribution in [0, 0.1) is 0 Å². The van der Waals surface area contributed by atoms with E-state index in [2.05, 4.69) is 5.32 Å². The van der Waals surface area contributed by atoms with E-state index in [1.54, 1.807) is 36.4 Å². The first-order valence-corrected chi connectivity index (χ1v) is 9.22. The van der Waals surface area contributed by atoms with E-state index in [0.717, 1.165) is 16.2 Å². The predicted molar refractivity (Wildman–Crippen MR) is 98.0 cm³/mol. The van der Waals surface area contributed by atoms with Gasteiger partial charge >= 0.3 is 0 Å². The predicted octanol–water partition coefficient (Wildman–Crippen LogP) is 2.16. The highest BCUT2D eigenvalue weighted by molar-refractivity contribution is 7.92. The Morgan fingerprint density at radius 2 is 1.50 bits per heavy atom. The van der Waals surface area contributed by atoms with Crippen molar-refractivity contribution in [3.63, 3.8) is 0 Å². The van der Waals surface area contributed by atoms with Gasteiger partial charge in [-0.15, -0.1) is 0 Å². The number of hydrogen-bond acceptors (Lipinski definition) is 4. The minimum absolute atomic E-state index is 0.283. The number of para-hydroxylation sites is 1. The zero-order chi connectivity index (χ0) is 17.7. The quantitative estimate of drug-likeness (QED) is 0.869. The van der Waals surface area contributed by atoms with Crippen molar-refractivity contribution in [2.45, 2.75) is 0 Å². The van der Waals surface area contributed by atoms with Crippen molar-refractivity contribution in [1.29, 1.82) is 0 Å². The number of amides is 1. The Morgan fingerprint density at radius 3 is 2.00 bits per heavy atom. The van der Waals surface area contributed by atoms with Gasteiger partial charge in [-0.05, 0) is 36.4 Å². The monoisotopic (exact) mass is 347 g/mol. The molecule has 1 N–H and O–H groups in total. The first-order chi connectivity index (χ1) is 11.3. The Hall–Kier alpha value is -2.54. The Morgan fingerprint density at radius 1 is 0.958 bits per heavy atom. The summed E-state index contributed by atoms with van der Waals surface area (Å²) in [6, 6.07) is 15.9. The Balaban J connectivity index is 2.18. The third-order valence-corrected chi connectivity index (χ3v) is 4.54. The molecule has 6 nitrogen and oxygen atoms in total. The second kappa shape index (κ2) is 7.35. The summed E-state index contributed by atoms with van der Waals surface area (Å²) in [6.45, 7) is -0.283. The molecule has 0 unspecified atom stereocenters. The average Bonchev–Trinajstić information content (AvgIpc) is 2.52. The van der Waals surface area contributed by atoms with Crippen LogP contribution in [0.15, 0.2) is 54.6 Å². The SMILES string of the molecule is CN(C)c1ccc(N(CC(=O)Nc2ccccc2)S(C)(=O)=O)cc1. The molecule has 0 aliphatic carbocycles. The van der Waals surface area contributed by atoms with Crippen molar-refractivity contribution >= 4 is 33.0 Å². The summed E-state index contributed by atoms with van der Waals surface area (Å²) in [6.07, 6.45) is 1.09. The van der Waals surface area contributed by atoms with Gasteiger partial charge in [0.1, 0.15) is 6.54 Å². The van der Waals surface area contributed by atoms with Gasteiger partial charge in [-0.3, -0.25) is 9.10 Å². The van der Waals surface area contributed by atoms with Gasteiger partial charge in [0.15, 0.2) is 0 Å². The van der Waals surface area contributed by atoms with Crippen LogP contribution in [0.25, 0.3) is 0 Å². The van der Waals surface area contributed by atoms with Crippen LogP contribution in [-0.2, 0) is 14.8 Å². The first kappa shape index (κ1) is 17.8. The standard InChI is InChI=1S/C17H21N3O3S/c1-19(2)15-9-11-16(12-10-15)20(24(3,22)23)13-17(21)18-14-7-5-4-6-8-14/h4-12H,13H2,1-3H3,(H,18,21).